The lowest BCUT2D eigenvalue weighted by molar-refractivity contribution is -0.385. The van der Waals surface area contributed by atoms with Gasteiger partial charge in [-0.15, -0.1) is 0 Å². The highest BCUT2D eigenvalue weighted by Crippen LogP contribution is 2.23. The van der Waals surface area contributed by atoms with Crippen molar-refractivity contribution in [2.45, 2.75) is 13.5 Å². The molecule has 94 valence electrons. The van der Waals surface area contributed by atoms with E-state index in [9.17, 15) is 10.1 Å². The average molecular weight is 286 g/mol. The van der Waals surface area contributed by atoms with E-state index in [0.29, 0.717) is 22.3 Å². The molecule has 0 fully saturated rings. The van der Waals surface area contributed by atoms with Crippen molar-refractivity contribution in [2.24, 2.45) is 0 Å². The second-order valence-electron chi connectivity index (χ2n) is 3.80. The number of nitrogens with zero attached hydrogens (tertiary/aromatic N) is 3. The van der Waals surface area contributed by atoms with Crippen molar-refractivity contribution in [3.8, 4) is 0 Å². The Kier molecular flexibility index (Phi) is 3.54. The Hall–Kier alpha value is -1.59. The van der Waals surface area contributed by atoms with Gasteiger partial charge in [0, 0.05) is 0 Å². The minimum atomic E-state index is -0.451. The fraction of sp³-hybridized carbons (Fsp3) is 0.182. The lowest BCUT2D eigenvalue weighted by Crippen LogP contribution is -2.00. The summed E-state index contributed by atoms with van der Waals surface area (Å²) in [6.45, 7) is 2.01. The molecule has 0 saturated heterocycles. The van der Waals surface area contributed by atoms with Gasteiger partial charge in [-0.05, 0) is 24.6 Å². The van der Waals surface area contributed by atoms with Crippen LogP contribution in [0, 0.1) is 17.0 Å². The maximum absolute atomic E-state index is 10.7. The molecule has 2 rings (SSSR count). The van der Waals surface area contributed by atoms with Crippen LogP contribution in [0.25, 0.3) is 0 Å². The van der Waals surface area contributed by atoms with Crippen LogP contribution >= 0.6 is 23.2 Å². The van der Waals surface area contributed by atoms with Gasteiger partial charge in [0.1, 0.15) is 11.9 Å². The molecule has 0 bridgehead atoms. The van der Waals surface area contributed by atoms with Crippen molar-refractivity contribution in [2.75, 3.05) is 0 Å². The molecule has 1 aromatic heterocycles. The highest BCUT2D eigenvalue weighted by atomic mass is 35.5. The van der Waals surface area contributed by atoms with Gasteiger partial charge in [-0.3, -0.25) is 14.8 Å². The van der Waals surface area contributed by atoms with Crippen molar-refractivity contribution in [3.63, 3.8) is 0 Å². The number of hydrogen-bond acceptors (Lipinski definition) is 3. The molecule has 5 nitrogen and oxygen atoms in total. The molecular weight excluding hydrogens is 277 g/mol. The van der Waals surface area contributed by atoms with Gasteiger partial charge in [-0.25, -0.2) is 0 Å². The number of hydrogen-bond donors (Lipinski definition) is 0. The van der Waals surface area contributed by atoms with Gasteiger partial charge >= 0.3 is 5.69 Å². The summed E-state index contributed by atoms with van der Waals surface area (Å²) < 4.78 is 1.51. The summed E-state index contributed by atoms with van der Waals surface area (Å²) in [6, 6.07) is 5.20. The van der Waals surface area contributed by atoms with Crippen LogP contribution in [0.2, 0.25) is 10.0 Å². The Bertz CT molecular complexity index is 610. The molecule has 0 atom stereocenters. The number of aromatic nitrogens is 2. The van der Waals surface area contributed by atoms with Crippen molar-refractivity contribution >= 4 is 28.9 Å². The van der Waals surface area contributed by atoms with Crippen molar-refractivity contribution in [1.82, 2.24) is 9.78 Å². The maximum Gasteiger partial charge on any atom is 0.309 e. The monoisotopic (exact) mass is 285 g/mol. The maximum atomic E-state index is 10.7. The lowest BCUT2D eigenvalue weighted by Gasteiger charge is -2.03. The fourth-order valence-corrected chi connectivity index (χ4v) is 1.91. The van der Waals surface area contributed by atoms with Crippen molar-refractivity contribution in [3.05, 3.63) is 55.8 Å². The first-order valence-corrected chi connectivity index (χ1v) is 5.85. The van der Waals surface area contributed by atoms with E-state index in [-0.39, 0.29) is 5.69 Å². The second kappa shape index (κ2) is 4.96. The summed E-state index contributed by atoms with van der Waals surface area (Å²) >= 11 is 11.7. The van der Waals surface area contributed by atoms with Gasteiger partial charge in [0.2, 0.25) is 0 Å². The van der Waals surface area contributed by atoms with Crippen LogP contribution in [0.5, 0.6) is 0 Å². The molecule has 0 aliphatic heterocycles. The van der Waals surface area contributed by atoms with E-state index in [1.54, 1.807) is 25.1 Å². The van der Waals surface area contributed by atoms with Gasteiger partial charge < -0.3 is 0 Å². The minimum absolute atomic E-state index is 0.00932. The largest absolute Gasteiger partial charge is 0.309 e. The number of nitro groups is 1. The highest BCUT2D eigenvalue weighted by molar-refractivity contribution is 6.42. The topological polar surface area (TPSA) is 61.0 Å². The van der Waals surface area contributed by atoms with Crippen LogP contribution in [0.15, 0.2) is 24.4 Å². The molecule has 0 spiro atoms. The molecule has 1 aromatic carbocycles. The molecule has 0 radical (unpaired) electrons. The third-order valence-electron chi connectivity index (χ3n) is 2.45. The van der Waals surface area contributed by atoms with E-state index in [2.05, 4.69) is 5.10 Å². The number of rotatable bonds is 3. The molecule has 0 N–H and O–H groups in total. The third kappa shape index (κ3) is 2.63. The van der Waals surface area contributed by atoms with Gasteiger partial charge in [0.05, 0.1) is 21.5 Å². The number of aryl methyl sites for hydroxylation is 1. The molecule has 0 amide bonds. The quantitative estimate of drug-likeness (QED) is 0.641. The van der Waals surface area contributed by atoms with E-state index in [1.165, 1.54) is 10.9 Å². The molecular formula is C11H9Cl2N3O2. The Balaban J connectivity index is 2.26. The Morgan fingerprint density at radius 3 is 2.67 bits per heavy atom. The zero-order valence-electron chi connectivity index (χ0n) is 9.43. The highest BCUT2D eigenvalue weighted by Gasteiger charge is 2.15. The summed E-state index contributed by atoms with van der Waals surface area (Å²) in [6.07, 6.45) is 1.40. The summed E-state index contributed by atoms with van der Waals surface area (Å²) in [4.78, 5) is 10.2. The summed E-state index contributed by atoms with van der Waals surface area (Å²) in [5.41, 5.74) is 1.27. The zero-order chi connectivity index (χ0) is 13.3. The first-order chi connectivity index (χ1) is 8.47. The predicted molar refractivity (Wildman–Crippen MR) is 69.2 cm³/mol. The summed E-state index contributed by atoms with van der Waals surface area (Å²) in [5, 5.41) is 15.7. The standard InChI is InChI=1S/C11H9Cl2N3O2/c1-7-11(16(17)18)6-15(14-7)5-8-2-3-9(12)10(13)4-8/h2-4,6H,5H2,1H3. The third-order valence-corrected chi connectivity index (χ3v) is 3.18. The molecule has 0 aliphatic rings. The van der Waals surface area contributed by atoms with E-state index in [1.807, 2.05) is 0 Å². The Morgan fingerprint density at radius 2 is 2.11 bits per heavy atom. The number of benzene rings is 1. The predicted octanol–water partition coefficient (Wildman–Crippen LogP) is 3.45. The molecule has 0 saturated carbocycles. The zero-order valence-corrected chi connectivity index (χ0v) is 10.9. The summed E-state index contributed by atoms with van der Waals surface area (Å²) in [7, 11) is 0. The first-order valence-electron chi connectivity index (χ1n) is 5.10. The Labute approximate surface area is 113 Å². The van der Waals surface area contributed by atoms with Crippen LogP contribution in [0.4, 0.5) is 5.69 Å². The molecule has 1 heterocycles. The molecule has 18 heavy (non-hydrogen) atoms. The van der Waals surface area contributed by atoms with Gasteiger partial charge in [0.15, 0.2) is 0 Å². The van der Waals surface area contributed by atoms with Gasteiger partial charge in [-0.2, -0.15) is 5.10 Å². The van der Waals surface area contributed by atoms with E-state index >= 15 is 0 Å². The lowest BCUT2D eigenvalue weighted by atomic mass is 10.2. The van der Waals surface area contributed by atoms with E-state index in [0.717, 1.165) is 5.56 Å². The van der Waals surface area contributed by atoms with Crippen LogP contribution in [0.1, 0.15) is 11.3 Å². The Morgan fingerprint density at radius 1 is 1.39 bits per heavy atom. The smallest absolute Gasteiger partial charge is 0.261 e. The first kappa shape index (κ1) is 12.9. The SMILES string of the molecule is Cc1nn(Cc2ccc(Cl)c(Cl)c2)cc1[N+](=O)[O-]. The van der Waals surface area contributed by atoms with E-state index < -0.39 is 4.92 Å². The van der Waals surface area contributed by atoms with Gasteiger partial charge in [0.25, 0.3) is 0 Å². The van der Waals surface area contributed by atoms with Crippen LogP contribution in [0.3, 0.4) is 0 Å². The second-order valence-corrected chi connectivity index (χ2v) is 4.62. The fourth-order valence-electron chi connectivity index (χ4n) is 1.59. The van der Waals surface area contributed by atoms with Crippen molar-refractivity contribution in [1.29, 1.82) is 0 Å². The van der Waals surface area contributed by atoms with Crippen LogP contribution in [-0.4, -0.2) is 14.7 Å². The summed E-state index contributed by atoms with van der Waals surface area (Å²) in [5.74, 6) is 0. The van der Waals surface area contributed by atoms with Crippen molar-refractivity contribution < 1.29 is 4.92 Å². The van der Waals surface area contributed by atoms with E-state index in [4.69, 9.17) is 23.2 Å². The normalized spacial score (nSPS) is 10.6. The molecule has 2 aromatic rings. The molecule has 7 heteroatoms. The van der Waals surface area contributed by atoms with Crippen LogP contribution < -0.4 is 0 Å². The molecule has 0 unspecified atom stereocenters. The number of halogens is 2. The average Bonchev–Trinajstić information content (AvgIpc) is 2.65. The van der Waals surface area contributed by atoms with Crippen LogP contribution in [-0.2, 0) is 6.54 Å². The molecule has 0 aliphatic carbocycles. The van der Waals surface area contributed by atoms with Gasteiger partial charge in [-0.1, -0.05) is 29.3 Å². The minimum Gasteiger partial charge on any atom is -0.261 e.